The Bertz CT molecular complexity index is 1200. The van der Waals surface area contributed by atoms with E-state index in [1.54, 1.807) is 0 Å². The van der Waals surface area contributed by atoms with Gasteiger partial charge in [0.05, 0.1) is 5.69 Å². The van der Waals surface area contributed by atoms with E-state index in [0.29, 0.717) is 19.4 Å². The highest BCUT2D eigenvalue weighted by Gasteiger charge is 2.30. The molecular formula is C26H33N5O2. The van der Waals surface area contributed by atoms with E-state index in [4.69, 9.17) is 10.1 Å². The second-order valence-electron chi connectivity index (χ2n) is 9.37. The number of likely N-dealkylation sites (tertiary alicyclic amines) is 1. The molecule has 1 unspecified atom stereocenters. The first-order chi connectivity index (χ1) is 15.7. The minimum absolute atomic E-state index is 0.0504. The Morgan fingerprint density at radius 3 is 2.67 bits per heavy atom. The molecule has 1 atom stereocenters. The summed E-state index contributed by atoms with van der Waals surface area (Å²) in [4.78, 5) is 31.8. The molecule has 2 aromatic heterocycles. The molecular weight excluding hydrogens is 414 g/mol. The number of fused-ring (bicyclic) bond motifs is 1. The van der Waals surface area contributed by atoms with Gasteiger partial charge in [-0.2, -0.15) is 5.10 Å². The predicted molar refractivity (Wildman–Crippen MR) is 129 cm³/mol. The molecule has 1 N–H and O–H groups in total. The zero-order chi connectivity index (χ0) is 23.7. The number of nitrogens with one attached hydrogen (secondary N) is 1. The second-order valence-corrected chi connectivity index (χ2v) is 9.37. The van der Waals surface area contributed by atoms with Gasteiger partial charge in [0, 0.05) is 54.5 Å². The quantitative estimate of drug-likeness (QED) is 0.624. The Kier molecular flexibility index (Phi) is 6.49. The Hall–Kier alpha value is -3.22. The van der Waals surface area contributed by atoms with Crippen molar-refractivity contribution in [3.05, 3.63) is 64.1 Å². The van der Waals surface area contributed by atoms with Crippen molar-refractivity contribution in [2.45, 2.75) is 65.8 Å². The smallest absolute Gasteiger partial charge is 0.254 e. The van der Waals surface area contributed by atoms with Crippen molar-refractivity contribution in [2.24, 2.45) is 0 Å². The SMILES string of the molecule is Cc1ccccc1C(=O)N1CCC(c2cc3nc(C)c(CCC(=O)NC(C)C)c(C)n3n2)C1. The maximum atomic E-state index is 13.0. The van der Waals surface area contributed by atoms with Crippen molar-refractivity contribution in [1.29, 1.82) is 0 Å². The van der Waals surface area contributed by atoms with Gasteiger partial charge in [-0.15, -0.1) is 0 Å². The Labute approximate surface area is 195 Å². The number of hydrogen-bond acceptors (Lipinski definition) is 4. The van der Waals surface area contributed by atoms with Crippen LogP contribution in [-0.4, -0.2) is 50.4 Å². The normalized spacial score (nSPS) is 16.1. The van der Waals surface area contributed by atoms with E-state index in [1.807, 2.05) is 74.4 Å². The molecule has 1 aromatic carbocycles. The van der Waals surface area contributed by atoms with Crippen LogP contribution >= 0.6 is 0 Å². The van der Waals surface area contributed by atoms with E-state index in [-0.39, 0.29) is 23.8 Å². The zero-order valence-corrected chi connectivity index (χ0v) is 20.2. The minimum atomic E-state index is 0.0504. The van der Waals surface area contributed by atoms with Crippen LogP contribution in [0.4, 0.5) is 0 Å². The molecule has 0 bridgehead atoms. The number of carbonyl (C=O) groups is 2. The van der Waals surface area contributed by atoms with Crippen LogP contribution in [0.25, 0.3) is 5.65 Å². The Morgan fingerprint density at radius 1 is 1.18 bits per heavy atom. The van der Waals surface area contributed by atoms with Crippen LogP contribution in [0.15, 0.2) is 30.3 Å². The molecule has 2 amide bonds. The fourth-order valence-corrected chi connectivity index (χ4v) is 4.71. The van der Waals surface area contributed by atoms with Gasteiger partial charge >= 0.3 is 0 Å². The summed E-state index contributed by atoms with van der Waals surface area (Å²) in [7, 11) is 0. The summed E-state index contributed by atoms with van der Waals surface area (Å²) in [5, 5.41) is 7.82. The van der Waals surface area contributed by atoms with Gasteiger partial charge in [0.15, 0.2) is 5.65 Å². The molecule has 0 radical (unpaired) electrons. The van der Waals surface area contributed by atoms with Crippen LogP contribution < -0.4 is 5.32 Å². The molecule has 1 fully saturated rings. The van der Waals surface area contributed by atoms with Crippen LogP contribution in [0.3, 0.4) is 0 Å². The van der Waals surface area contributed by atoms with E-state index in [1.165, 1.54) is 0 Å². The lowest BCUT2D eigenvalue weighted by Gasteiger charge is -2.17. The summed E-state index contributed by atoms with van der Waals surface area (Å²) in [6, 6.07) is 9.92. The van der Waals surface area contributed by atoms with Gasteiger partial charge in [-0.05, 0) is 64.7 Å². The minimum Gasteiger partial charge on any atom is -0.354 e. The first kappa shape index (κ1) is 23.0. The van der Waals surface area contributed by atoms with Crippen molar-refractivity contribution in [3.63, 3.8) is 0 Å². The topological polar surface area (TPSA) is 79.6 Å². The van der Waals surface area contributed by atoms with Crippen LogP contribution in [-0.2, 0) is 11.2 Å². The molecule has 3 heterocycles. The average Bonchev–Trinajstić information content (AvgIpc) is 3.40. The molecule has 7 nitrogen and oxygen atoms in total. The van der Waals surface area contributed by atoms with Crippen molar-refractivity contribution < 1.29 is 9.59 Å². The van der Waals surface area contributed by atoms with E-state index in [9.17, 15) is 9.59 Å². The summed E-state index contributed by atoms with van der Waals surface area (Å²) in [6.45, 7) is 11.3. The summed E-state index contributed by atoms with van der Waals surface area (Å²) in [5.41, 5.74) is 6.59. The molecule has 7 heteroatoms. The standard InChI is InChI=1S/C26H33N5O2/c1-16(2)27-25(32)11-10-22-18(4)28-24-14-23(29-31(24)19(22)5)20-12-13-30(15-20)26(33)21-9-7-6-8-17(21)3/h6-9,14,16,20H,10-13,15H2,1-5H3,(H,27,32). The monoisotopic (exact) mass is 447 g/mol. The predicted octanol–water partition coefficient (Wildman–Crippen LogP) is 3.74. The number of aryl methyl sites for hydroxylation is 3. The van der Waals surface area contributed by atoms with Gasteiger partial charge in [0.1, 0.15) is 0 Å². The average molecular weight is 448 g/mol. The van der Waals surface area contributed by atoms with Gasteiger partial charge in [-0.25, -0.2) is 9.50 Å². The number of aromatic nitrogens is 3. The molecule has 4 rings (SSSR count). The number of nitrogens with zero attached hydrogens (tertiary/aromatic N) is 4. The molecule has 0 aliphatic carbocycles. The molecule has 3 aromatic rings. The van der Waals surface area contributed by atoms with E-state index in [0.717, 1.165) is 52.4 Å². The lowest BCUT2D eigenvalue weighted by Crippen LogP contribution is -2.30. The van der Waals surface area contributed by atoms with Gasteiger partial charge in [-0.3, -0.25) is 9.59 Å². The highest BCUT2D eigenvalue weighted by atomic mass is 16.2. The maximum Gasteiger partial charge on any atom is 0.254 e. The highest BCUT2D eigenvalue weighted by molar-refractivity contribution is 5.95. The molecule has 174 valence electrons. The molecule has 1 aliphatic heterocycles. The number of benzene rings is 1. The van der Waals surface area contributed by atoms with E-state index >= 15 is 0 Å². The van der Waals surface area contributed by atoms with Crippen molar-refractivity contribution in [2.75, 3.05) is 13.1 Å². The van der Waals surface area contributed by atoms with Crippen molar-refractivity contribution >= 4 is 17.5 Å². The van der Waals surface area contributed by atoms with E-state index < -0.39 is 0 Å². The van der Waals surface area contributed by atoms with Crippen LogP contribution in [0.1, 0.15) is 71.2 Å². The number of carbonyl (C=O) groups excluding carboxylic acids is 2. The van der Waals surface area contributed by atoms with Crippen molar-refractivity contribution in [1.82, 2.24) is 24.8 Å². The third-order valence-electron chi connectivity index (χ3n) is 6.50. The summed E-state index contributed by atoms with van der Waals surface area (Å²) in [6.07, 6.45) is 1.96. The van der Waals surface area contributed by atoms with Crippen LogP contribution in [0.2, 0.25) is 0 Å². The fraction of sp³-hybridized carbons (Fsp3) is 0.462. The van der Waals surface area contributed by atoms with Gasteiger partial charge < -0.3 is 10.2 Å². The van der Waals surface area contributed by atoms with Crippen LogP contribution in [0.5, 0.6) is 0 Å². The van der Waals surface area contributed by atoms with Crippen LogP contribution in [0, 0.1) is 20.8 Å². The van der Waals surface area contributed by atoms with Gasteiger partial charge in [0.25, 0.3) is 5.91 Å². The Morgan fingerprint density at radius 2 is 1.94 bits per heavy atom. The first-order valence-corrected chi connectivity index (χ1v) is 11.7. The Balaban J connectivity index is 1.51. The third-order valence-corrected chi connectivity index (χ3v) is 6.50. The lowest BCUT2D eigenvalue weighted by atomic mass is 10.1. The number of amides is 2. The van der Waals surface area contributed by atoms with E-state index in [2.05, 4.69) is 5.32 Å². The van der Waals surface area contributed by atoms with Gasteiger partial charge in [-0.1, -0.05) is 18.2 Å². The zero-order valence-electron chi connectivity index (χ0n) is 20.2. The summed E-state index contributed by atoms with van der Waals surface area (Å²) >= 11 is 0. The third kappa shape index (κ3) is 4.77. The molecule has 0 spiro atoms. The maximum absolute atomic E-state index is 13.0. The molecule has 33 heavy (non-hydrogen) atoms. The molecule has 0 saturated carbocycles. The number of hydrogen-bond donors (Lipinski definition) is 1. The summed E-state index contributed by atoms with van der Waals surface area (Å²) < 4.78 is 1.89. The lowest BCUT2D eigenvalue weighted by molar-refractivity contribution is -0.121. The second kappa shape index (κ2) is 9.33. The largest absolute Gasteiger partial charge is 0.354 e. The summed E-state index contributed by atoms with van der Waals surface area (Å²) in [5.74, 6) is 0.334. The van der Waals surface area contributed by atoms with Gasteiger partial charge in [0.2, 0.25) is 5.91 Å². The molecule has 1 saturated heterocycles. The first-order valence-electron chi connectivity index (χ1n) is 11.7. The fourth-order valence-electron chi connectivity index (χ4n) is 4.71. The highest BCUT2D eigenvalue weighted by Crippen LogP contribution is 2.29. The molecule has 1 aliphatic rings. The van der Waals surface area contributed by atoms with Crippen molar-refractivity contribution in [3.8, 4) is 0 Å². The number of rotatable bonds is 6.